The fraction of sp³-hybridized carbons (Fsp3) is 1.00. The molecule has 0 radical (unpaired) electrons. The first-order valence-corrected chi connectivity index (χ1v) is 10.9. The van der Waals surface area contributed by atoms with Crippen molar-refractivity contribution < 1.29 is 0 Å². The van der Waals surface area contributed by atoms with Crippen LogP contribution in [0.3, 0.4) is 0 Å². The fourth-order valence-corrected chi connectivity index (χ4v) is 6.13. The van der Waals surface area contributed by atoms with E-state index in [-0.39, 0.29) is 0 Å². The van der Waals surface area contributed by atoms with Crippen LogP contribution in [0.15, 0.2) is 0 Å². The van der Waals surface area contributed by atoms with Crippen LogP contribution in [0.1, 0.15) is 83.5 Å². The Bertz CT molecular complexity index is 300. The Morgan fingerprint density at radius 3 is 2.33 bits per heavy atom. The zero-order valence-electron chi connectivity index (χ0n) is 14.0. The third kappa shape index (κ3) is 4.41. The van der Waals surface area contributed by atoms with Crippen LogP contribution in [-0.4, -0.2) is 23.6 Å². The molecule has 2 heteroatoms. The fourth-order valence-electron chi connectivity index (χ4n) is 5.31. The quantitative estimate of drug-likeness (QED) is 0.747. The molecule has 0 spiro atoms. The Morgan fingerprint density at radius 1 is 0.762 bits per heavy atom. The predicted octanol–water partition coefficient (Wildman–Crippen LogP) is 5.39. The number of rotatable bonds is 4. The van der Waals surface area contributed by atoms with Crippen molar-refractivity contribution in [1.29, 1.82) is 0 Å². The van der Waals surface area contributed by atoms with E-state index >= 15 is 0 Å². The highest BCUT2D eigenvalue weighted by atomic mass is 32.2. The van der Waals surface area contributed by atoms with Gasteiger partial charge >= 0.3 is 0 Å². The van der Waals surface area contributed by atoms with Gasteiger partial charge in [0.05, 0.1) is 0 Å². The second-order valence-electron chi connectivity index (χ2n) is 7.84. The molecule has 3 saturated carbocycles. The molecule has 0 aliphatic heterocycles. The molecule has 1 nitrogen and oxygen atoms in total. The van der Waals surface area contributed by atoms with Crippen molar-refractivity contribution in [2.75, 3.05) is 6.26 Å². The molecule has 4 atom stereocenters. The molecule has 3 aliphatic rings. The van der Waals surface area contributed by atoms with Gasteiger partial charge in [-0.2, -0.15) is 11.8 Å². The molecule has 4 unspecified atom stereocenters. The summed E-state index contributed by atoms with van der Waals surface area (Å²) in [5.41, 5.74) is 0. The van der Waals surface area contributed by atoms with Crippen molar-refractivity contribution in [3.05, 3.63) is 0 Å². The standard InChI is InChI=1S/C19H35NS/c1-21-17-11-7-10-16(14-17)20-19-13-6-5-12-18(19)15-8-3-2-4-9-15/h15-20H,2-14H2,1H3. The van der Waals surface area contributed by atoms with E-state index in [0.29, 0.717) is 0 Å². The van der Waals surface area contributed by atoms with E-state index in [1.807, 2.05) is 0 Å². The summed E-state index contributed by atoms with van der Waals surface area (Å²) in [5.74, 6) is 2.06. The molecule has 0 bridgehead atoms. The van der Waals surface area contributed by atoms with Gasteiger partial charge in [-0.25, -0.2) is 0 Å². The van der Waals surface area contributed by atoms with Gasteiger partial charge in [-0.15, -0.1) is 0 Å². The van der Waals surface area contributed by atoms with Crippen molar-refractivity contribution in [3.63, 3.8) is 0 Å². The molecule has 0 aromatic rings. The maximum absolute atomic E-state index is 4.16. The van der Waals surface area contributed by atoms with Gasteiger partial charge in [0.1, 0.15) is 0 Å². The van der Waals surface area contributed by atoms with E-state index < -0.39 is 0 Å². The highest BCUT2D eigenvalue weighted by molar-refractivity contribution is 7.99. The van der Waals surface area contributed by atoms with E-state index in [2.05, 4.69) is 23.3 Å². The highest BCUT2D eigenvalue weighted by Crippen LogP contribution is 2.39. The summed E-state index contributed by atoms with van der Waals surface area (Å²) in [6.07, 6.45) is 21.6. The SMILES string of the molecule is CSC1CCCC(NC2CCCCC2C2CCCCC2)C1. The lowest BCUT2D eigenvalue weighted by Gasteiger charge is -2.42. The minimum absolute atomic E-state index is 0.824. The van der Waals surface area contributed by atoms with Crippen molar-refractivity contribution in [2.24, 2.45) is 11.8 Å². The van der Waals surface area contributed by atoms with Crippen LogP contribution >= 0.6 is 11.8 Å². The third-order valence-corrected chi connectivity index (χ3v) is 7.58. The smallest absolute Gasteiger partial charge is 0.0101 e. The molecule has 3 aliphatic carbocycles. The lowest BCUT2D eigenvalue weighted by Crippen LogP contribution is -2.48. The lowest BCUT2D eigenvalue weighted by atomic mass is 9.70. The molecule has 3 rings (SSSR count). The highest BCUT2D eigenvalue weighted by Gasteiger charge is 2.34. The minimum Gasteiger partial charge on any atom is -0.311 e. The maximum Gasteiger partial charge on any atom is 0.0101 e. The molecule has 0 amide bonds. The first kappa shape index (κ1) is 16.2. The van der Waals surface area contributed by atoms with Gasteiger partial charge in [-0.05, 0) is 50.2 Å². The summed E-state index contributed by atoms with van der Waals surface area (Å²) in [6, 6.07) is 1.68. The van der Waals surface area contributed by atoms with E-state index in [1.54, 1.807) is 0 Å². The van der Waals surface area contributed by atoms with Gasteiger partial charge < -0.3 is 5.32 Å². The van der Waals surface area contributed by atoms with Gasteiger partial charge in [0.2, 0.25) is 0 Å². The van der Waals surface area contributed by atoms with E-state index in [1.165, 1.54) is 83.5 Å². The second kappa shape index (κ2) is 8.24. The minimum atomic E-state index is 0.824. The molecule has 122 valence electrons. The van der Waals surface area contributed by atoms with Crippen LogP contribution in [0.5, 0.6) is 0 Å². The lowest BCUT2D eigenvalue weighted by molar-refractivity contribution is 0.136. The van der Waals surface area contributed by atoms with Crippen LogP contribution < -0.4 is 5.32 Å². The summed E-state index contributed by atoms with van der Waals surface area (Å²) < 4.78 is 0. The Balaban J connectivity index is 1.56. The second-order valence-corrected chi connectivity index (χ2v) is 8.98. The van der Waals surface area contributed by atoms with Crippen molar-refractivity contribution in [1.82, 2.24) is 5.32 Å². The normalized spacial score (nSPS) is 39.3. The van der Waals surface area contributed by atoms with E-state index in [9.17, 15) is 0 Å². The molecule has 3 fully saturated rings. The average Bonchev–Trinajstić information content (AvgIpc) is 2.56. The molecule has 0 aromatic carbocycles. The van der Waals surface area contributed by atoms with Gasteiger partial charge in [0, 0.05) is 17.3 Å². The molecular weight excluding hydrogens is 274 g/mol. The van der Waals surface area contributed by atoms with Gasteiger partial charge in [-0.3, -0.25) is 0 Å². The number of hydrogen-bond acceptors (Lipinski definition) is 2. The zero-order chi connectivity index (χ0) is 14.5. The predicted molar refractivity (Wildman–Crippen MR) is 95.0 cm³/mol. The summed E-state index contributed by atoms with van der Waals surface area (Å²) >= 11 is 2.10. The van der Waals surface area contributed by atoms with Crippen LogP contribution in [0.4, 0.5) is 0 Å². The van der Waals surface area contributed by atoms with Crippen LogP contribution in [0.25, 0.3) is 0 Å². The van der Waals surface area contributed by atoms with Crippen LogP contribution in [-0.2, 0) is 0 Å². The van der Waals surface area contributed by atoms with Gasteiger partial charge in [0.25, 0.3) is 0 Å². The monoisotopic (exact) mass is 309 g/mol. The number of hydrogen-bond donors (Lipinski definition) is 1. The molecule has 21 heavy (non-hydrogen) atoms. The van der Waals surface area contributed by atoms with Crippen molar-refractivity contribution in [2.45, 2.75) is 101 Å². The Kier molecular flexibility index (Phi) is 6.35. The first-order valence-electron chi connectivity index (χ1n) is 9.65. The maximum atomic E-state index is 4.16. The molecule has 0 saturated heterocycles. The topological polar surface area (TPSA) is 12.0 Å². The van der Waals surface area contributed by atoms with Crippen LogP contribution in [0, 0.1) is 11.8 Å². The van der Waals surface area contributed by atoms with Gasteiger partial charge in [0.15, 0.2) is 0 Å². The van der Waals surface area contributed by atoms with Gasteiger partial charge in [-0.1, -0.05) is 51.4 Å². The Hall–Kier alpha value is 0.310. The molecule has 0 aromatic heterocycles. The third-order valence-electron chi connectivity index (χ3n) is 6.48. The van der Waals surface area contributed by atoms with Crippen LogP contribution in [0.2, 0.25) is 0 Å². The summed E-state index contributed by atoms with van der Waals surface area (Å²) in [4.78, 5) is 0. The molecule has 0 heterocycles. The first-order chi connectivity index (χ1) is 10.4. The summed E-state index contributed by atoms with van der Waals surface area (Å²) in [5, 5.41) is 5.08. The number of nitrogens with one attached hydrogen (secondary N) is 1. The molecule has 1 N–H and O–H groups in total. The van der Waals surface area contributed by atoms with Crippen molar-refractivity contribution >= 4 is 11.8 Å². The molecular formula is C19H35NS. The summed E-state index contributed by atoms with van der Waals surface area (Å²) in [6.45, 7) is 0. The summed E-state index contributed by atoms with van der Waals surface area (Å²) in [7, 11) is 0. The largest absolute Gasteiger partial charge is 0.311 e. The Morgan fingerprint density at radius 2 is 1.52 bits per heavy atom. The Labute approximate surface area is 136 Å². The van der Waals surface area contributed by atoms with E-state index in [0.717, 1.165) is 29.2 Å². The zero-order valence-corrected chi connectivity index (χ0v) is 14.8. The number of thioether (sulfide) groups is 1. The van der Waals surface area contributed by atoms with Crippen molar-refractivity contribution in [3.8, 4) is 0 Å². The average molecular weight is 310 g/mol. The van der Waals surface area contributed by atoms with E-state index in [4.69, 9.17) is 0 Å².